The highest BCUT2D eigenvalue weighted by Crippen LogP contribution is 2.32. The van der Waals surface area contributed by atoms with E-state index in [1.165, 1.54) is 5.56 Å². The molecule has 4 nitrogen and oxygen atoms in total. The lowest BCUT2D eigenvalue weighted by Gasteiger charge is -2.26. The number of aryl methyl sites for hydroxylation is 1. The molecule has 0 aliphatic carbocycles. The minimum atomic E-state index is -0.286. The summed E-state index contributed by atoms with van der Waals surface area (Å²) in [6, 6.07) is 23.1. The number of carbonyl (C=O) groups excluding carboxylic acids is 1. The lowest BCUT2D eigenvalue weighted by Crippen LogP contribution is -2.39. The molecule has 1 N–H and O–H groups in total. The molecule has 0 aromatic heterocycles. The van der Waals surface area contributed by atoms with Crippen molar-refractivity contribution in [1.29, 1.82) is 5.26 Å². The summed E-state index contributed by atoms with van der Waals surface area (Å²) in [5.74, 6) is -0.0830. The predicted molar refractivity (Wildman–Crippen MR) is 122 cm³/mol. The third-order valence-corrected chi connectivity index (χ3v) is 5.86. The summed E-state index contributed by atoms with van der Waals surface area (Å²) in [5.41, 5.74) is 5.41. The van der Waals surface area contributed by atoms with E-state index in [4.69, 9.17) is 16.9 Å². The predicted octanol–water partition coefficient (Wildman–Crippen LogP) is 5.79. The number of rotatable bonds is 4. The SMILES string of the molecule is Cc1ccccc1-c1ccc(NC(=O)C2CCCN2c2cccc(C#N)c2)c(Cl)c1. The van der Waals surface area contributed by atoms with Gasteiger partial charge in [0.1, 0.15) is 6.04 Å². The number of anilines is 2. The quantitative estimate of drug-likeness (QED) is 0.586. The summed E-state index contributed by atoms with van der Waals surface area (Å²) >= 11 is 6.51. The fourth-order valence-electron chi connectivity index (χ4n) is 4.00. The molecule has 1 atom stereocenters. The average molecular weight is 416 g/mol. The van der Waals surface area contributed by atoms with Crippen LogP contribution in [0.4, 0.5) is 11.4 Å². The number of hydrogen-bond donors (Lipinski definition) is 1. The summed E-state index contributed by atoms with van der Waals surface area (Å²) in [6.45, 7) is 2.85. The molecular weight excluding hydrogens is 394 g/mol. The molecule has 0 saturated carbocycles. The van der Waals surface area contributed by atoms with E-state index in [0.717, 1.165) is 36.2 Å². The molecule has 4 rings (SSSR count). The van der Waals surface area contributed by atoms with Crippen molar-refractivity contribution in [2.45, 2.75) is 25.8 Å². The van der Waals surface area contributed by atoms with Gasteiger partial charge in [-0.25, -0.2) is 0 Å². The van der Waals surface area contributed by atoms with Crippen LogP contribution in [0.5, 0.6) is 0 Å². The first-order chi connectivity index (χ1) is 14.6. The number of nitriles is 1. The van der Waals surface area contributed by atoms with Crippen molar-refractivity contribution in [3.63, 3.8) is 0 Å². The Morgan fingerprint density at radius 2 is 1.97 bits per heavy atom. The lowest BCUT2D eigenvalue weighted by atomic mass is 10.0. The molecular formula is C25H22ClN3O. The fraction of sp³-hybridized carbons (Fsp3) is 0.200. The van der Waals surface area contributed by atoms with Crippen molar-refractivity contribution in [3.8, 4) is 17.2 Å². The molecule has 1 saturated heterocycles. The van der Waals surface area contributed by atoms with Crippen molar-refractivity contribution >= 4 is 28.9 Å². The van der Waals surface area contributed by atoms with Gasteiger partial charge >= 0.3 is 0 Å². The van der Waals surface area contributed by atoms with Gasteiger partial charge in [-0.2, -0.15) is 5.26 Å². The number of nitrogens with zero attached hydrogens (tertiary/aromatic N) is 2. The van der Waals surface area contributed by atoms with Crippen molar-refractivity contribution < 1.29 is 4.79 Å². The smallest absolute Gasteiger partial charge is 0.247 e. The van der Waals surface area contributed by atoms with E-state index in [1.54, 1.807) is 6.07 Å². The van der Waals surface area contributed by atoms with Crippen molar-refractivity contribution in [2.75, 3.05) is 16.8 Å². The number of nitrogens with one attached hydrogen (secondary N) is 1. The van der Waals surface area contributed by atoms with Gasteiger partial charge in [-0.05, 0) is 66.8 Å². The van der Waals surface area contributed by atoms with Crippen molar-refractivity contribution in [2.24, 2.45) is 0 Å². The van der Waals surface area contributed by atoms with Gasteiger partial charge in [0.2, 0.25) is 5.91 Å². The maximum Gasteiger partial charge on any atom is 0.247 e. The van der Waals surface area contributed by atoms with Gasteiger partial charge in [-0.15, -0.1) is 0 Å². The standard InChI is InChI=1S/C25H22ClN3O/c1-17-6-2-3-9-21(17)19-11-12-23(22(26)15-19)28-25(30)24-10-5-13-29(24)20-8-4-7-18(14-20)16-27/h2-4,6-9,11-12,14-15,24H,5,10,13H2,1H3,(H,28,30). The van der Waals surface area contributed by atoms with Crippen LogP contribution in [0.3, 0.4) is 0 Å². The third-order valence-electron chi connectivity index (χ3n) is 5.55. The first kappa shape index (κ1) is 20.0. The molecule has 1 heterocycles. The van der Waals surface area contributed by atoms with E-state index < -0.39 is 0 Å². The average Bonchev–Trinajstić information content (AvgIpc) is 3.26. The number of benzene rings is 3. The Morgan fingerprint density at radius 1 is 1.13 bits per heavy atom. The minimum Gasteiger partial charge on any atom is -0.359 e. The van der Waals surface area contributed by atoms with Crippen molar-refractivity contribution in [1.82, 2.24) is 0 Å². The number of carbonyl (C=O) groups is 1. The zero-order valence-electron chi connectivity index (χ0n) is 16.7. The van der Waals surface area contributed by atoms with Crippen LogP contribution < -0.4 is 10.2 Å². The highest BCUT2D eigenvalue weighted by molar-refractivity contribution is 6.34. The summed E-state index contributed by atoms with van der Waals surface area (Å²) in [7, 11) is 0. The minimum absolute atomic E-state index is 0.0830. The summed E-state index contributed by atoms with van der Waals surface area (Å²) in [4.78, 5) is 15.1. The van der Waals surface area contributed by atoms with Gasteiger partial charge in [0.15, 0.2) is 0 Å². The van der Waals surface area contributed by atoms with E-state index in [9.17, 15) is 4.79 Å². The monoisotopic (exact) mass is 415 g/mol. The topological polar surface area (TPSA) is 56.1 Å². The molecule has 1 fully saturated rings. The Kier molecular flexibility index (Phi) is 5.74. The first-order valence-corrected chi connectivity index (χ1v) is 10.4. The zero-order valence-corrected chi connectivity index (χ0v) is 17.5. The molecule has 30 heavy (non-hydrogen) atoms. The van der Waals surface area contributed by atoms with Crippen LogP contribution in [0.1, 0.15) is 24.0 Å². The maximum atomic E-state index is 13.0. The second-order valence-electron chi connectivity index (χ2n) is 7.51. The first-order valence-electron chi connectivity index (χ1n) is 10.00. The van der Waals surface area contributed by atoms with E-state index in [0.29, 0.717) is 16.3 Å². The molecule has 3 aromatic carbocycles. The molecule has 0 spiro atoms. The third kappa shape index (κ3) is 4.03. The fourth-order valence-corrected chi connectivity index (χ4v) is 4.23. The Bertz CT molecular complexity index is 1140. The van der Waals surface area contributed by atoms with E-state index in [2.05, 4.69) is 35.3 Å². The van der Waals surface area contributed by atoms with Gasteiger partial charge < -0.3 is 10.2 Å². The lowest BCUT2D eigenvalue weighted by molar-refractivity contribution is -0.117. The Morgan fingerprint density at radius 3 is 2.73 bits per heavy atom. The Balaban J connectivity index is 1.53. The van der Waals surface area contributed by atoms with Crippen LogP contribution in [-0.4, -0.2) is 18.5 Å². The van der Waals surface area contributed by atoms with Gasteiger partial charge in [0.05, 0.1) is 22.3 Å². The van der Waals surface area contributed by atoms with Crippen LogP contribution >= 0.6 is 11.6 Å². The van der Waals surface area contributed by atoms with Gasteiger partial charge in [0, 0.05) is 12.2 Å². The summed E-state index contributed by atoms with van der Waals surface area (Å²) in [6.07, 6.45) is 1.69. The van der Waals surface area contributed by atoms with Crippen LogP contribution in [-0.2, 0) is 4.79 Å². The van der Waals surface area contributed by atoms with Crippen molar-refractivity contribution in [3.05, 3.63) is 82.9 Å². The summed E-state index contributed by atoms with van der Waals surface area (Å²) < 4.78 is 0. The van der Waals surface area contributed by atoms with Crippen LogP contribution in [0.15, 0.2) is 66.7 Å². The molecule has 150 valence electrons. The van der Waals surface area contributed by atoms with Gasteiger partial charge in [-0.3, -0.25) is 4.79 Å². The molecule has 0 radical (unpaired) electrons. The molecule has 1 aliphatic heterocycles. The van der Waals surface area contributed by atoms with E-state index in [1.807, 2.05) is 48.5 Å². The molecule has 1 aliphatic rings. The number of amides is 1. The van der Waals surface area contributed by atoms with Gasteiger partial charge in [-0.1, -0.05) is 48.0 Å². The molecule has 5 heteroatoms. The Hall–Kier alpha value is -3.29. The van der Waals surface area contributed by atoms with Crippen LogP contribution in [0, 0.1) is 18.3 Å². The second kappa shape index (κ2) is 8.61. The highest BCUT2D eigenvalue weighted by Gasteiger charge is 2.31. The summed E-state index contributed by atoms with van der Waals surface area (Å²) in [5, 5.41) is 12.7. The van der Waals surface area contributed by atoms with E-state index >= 15 is 0 Å². The highest BCUT2D eigenvalue weighted by atomic mass is 35.5. The second-order valence-corrected chi connectivity index (χ2v) is 7.92. The zero-order chi connectivity index (χ0) is 21.1. The van der Waals surface area contributed by atoms with Crippen LogP contribution in [0.2, 0.25) is 5.02 Å². The maximum absolute atomic E-state index is 13.0. The number of halogens is 1. The number of hydrogen-bond acceptors (Lipinski definition) is 3. The molecule has 0 bridgehead atoms. The normalized spacial score (nSPS) is 15.6. The van der Waals surface area contributed by atoms with Gasteiger partial charge in [0.25, 0.3) is 0 Å². The van der Waals surface area contributed by atoms with E-state index in [-0.39, 0.29) is 11.9 Å². The molecule has 3 aromatic rings. The molecule has 1 amide bonds. The Labute approximate surface area is 181 Å². The van der Waals surface area contributed by atoms with Crippen LogP contribution in [0.25, 0.3) is 11.1 Å². The largest absolute Gasteiger partial charge is 0.359 e. The molecule has 1 unspecified atom stereocenters.